The van der Waals surface area contributed by atoms with Crippen molar-refractivity contribution in [1.82, 2.24) is 20.1 Å². The van der Waals surface area contributed by atoms with Crippen molar-refractivity contribution in [3.05, 3.63) is 15.6 Å². The predicted octanol–water partition coefficient (Wildman–Crippen LogP) is 1.63. The highest BCUT2D eigenvalue weighted by atomic mass is 32.1. The fourth-order valence-electron chi connectivity index (χ4n) is 3.34. The molecule has 1 atom stereocenters. The zero-order valence-corrected chi connectivity index (χ0v) is 13.1. The van der Waals surface area contributed by atoms with Gasteiger partial charge >= 0.3 is 0 Å². The van der Waals surface area contributed by atoms with Gasteiger partial charge in [0.2, 0.25) is 0 Å². The van der Waals surface area contributed by atoms with Crippen molar-refractivity contribution in [3.8, 4) is 0 Å². The summed E-state index contributed by atoms with van der Waals surface area (Å²) < 4.78 is 0. The van der Waals surface area contributed by atoms with Gasteiger partial charge in [-0.05, 0) is 19.3 Å². The lowest BCUT2D eigenvalue weighted by Crippen LogP contribution is -2.56. The molecular weight excluding hydrogens is 268 g/mol. The minimum absolute atomic E-state index is 0.558. The predicted molar refractivity (Wildman–Crippen MR) is 82.1 cm³/mol. The number of aryl methyl sites for hydroxylation is 1. The van der Waals surface area contributed by atoms with Crippen LogP contribution in [0.1, 0.15) is 41.4 Å². The van der Waals surface area contributed by atoms with E-state index < -0.39 is 0 Å². The molecule has 4 fully saturated rings. The summed E-state index contributed by atoms with van der Waals surface area (Å²) in [6, 6.07) is 1.34. The molecule has 110 valence electrons. The van der Waals surface area contributed by atoms with E-state index >= 15 is 0 Å². The zero-order valence-electron chi connectivity index (χ0n) is 12.3. The largest absolute Gasteiger partial charge is 0.309 e. The van der Waals surface area contributed by atoms with Gasteiger partial charge in [0, 0.05) is 50.2 Å². The maximum absolute atomic E-state index is 4.98. The first-order chi connectivity index (χ1) is 9.83. The number of nitrogens with zero attached hydrogens (tertiary/aromatic N) is 3. The smallest absolute Gasteiger partial charge is 0.112 e. The van der Waals surface area contributed by atoms with Crippen LogP contribution in [0.3, 0.4) is 0 Å². The average Bonchev–Trinajstić information content (AvgIpc) is 3.24. The number of hydrogen-bond donors (Lipinski definition) is 1. The second kappa shape index (κ2) is 5.37. The van der Waals surface area contributed by atoms with E-state index in [1.54, 1.807) is 0 Å². The van der Waals surface area contributed by atoms with Gasteiger partial charge in [-0.25, -0.2) is 4.98 Å². The molecule has 2 bridgehead atoms. The second-order valence-electron chi connectivity index (χ2n) is 6.28. The van der Waals surface area contributed by atoms with E-state index in [0.29, 0.717) is 6.04 Å². The Morgan fingerprint density at radius 3 is 2.65 bits per heavy atom. The van der Waals surface area contributed by atoms with Gasteiger partial charge in [0.25, 0.3) is 0 Å². The summed E-state index contributed by atoms with van der Waals surface area (Å²) in [5.41, 5.74) is 1.33. The lowest BCUT2D eigenvalue weighted by molar-refractivity contribution is 0.0122. The van der Waals surface area contributed by atoms with Crippen LogP contribution < -0.4 is 5.32 Å². The number of fused-ring (bicyclic) bond motifs is 3. The van der Waals surface area contributed by atoms with Crippen LogP contribution >= 0.6 is 11.3 Å². The van der Waals surface area contributed by atoms with Gasteiger partial charge in [0.1, 0.15) is 5.01 Å². The molecule has 20 heavy (non-hydrogen) atoms. The topological polar surface area (TPSA) is 31.4 Å². The van der Waals surface area contributed by atoms with E-state index in [1.807, 2.05) is 11.3 Å². The van der Waals surface area contributed by atoms with Crippen LogP contribution in [0.25, 0.3) is 0 Å². The Hall–Kier alpha value is -0.490. The molecule has 3 saturated heterocycles. The summed E-state index contributed by atoms with van der Waals surface area (Å²) >= 11 is 1.96. The van der Waals surface area contributed by atoms with Gasteiger partial charge in [-0.2, -0.15) is 0 Å². The van der Waals surface area contributed by atoms with Gasteiger partial charge in [-0.3, -0.25) is 9.80 Å². The molecule has 4 nitrogen and oxygen atoms in total. The van der Waals surface area contributed by atoms with Crippen molar-refractivity contribution in [1.29, 1.82) is 0 Å². The number of nitrogens with one attached hydrogen (secondary N) is 1. The first kappa shape index (κ1) is 13.2. The van der Waals surface area contributed by atoms with Crippen LogP contribution in [0.2, 0.25) is 0 Å². The first-order valence-corrected chi connectivity index (χ1v) is 8.83. The maximum atomic E-state index is 4.98. The molecule has 0 spiro atoms. The van der Waals surface area contributed by atoms with Crippen LogP contribution in [0.5, 0.6) is 0 Å². The Morgan fingerprint density at radius 2 is 2.05 bits per heavy atom. The Balaban J connectivity index is 1.52. The molecule has 1 aromatic rings. The van der Waals surface area contributed by atoms with Gasteiger partial charge in [-0.15, -0.1) is 11.3 Å². The van der Waals surface area contributed by atoms with Gasteiger partial charge < -0.3 is 5.32 Å². The highest BCUT2D eigenvalue weighted by Crippen LogP contribution is 2.33. The third-order valence-electron chi connectivity index (χ3n) is 4.82. The van der Waals surface area contributed by atoms with E-state index in [-0.39, 0.29) is 0 Å². The highest BCUT2D eigenvalue weighted by Gasteiger charge is 2.35. The fraction of sp³-hybridized carbons (Fsp3) is 0.800. The number of piperazine rings is 3. The van der Waals surface area contributed by atoms with Gasteiger partial charge in [0.05, 0.1) is 11.7 Å². The number of aromatic nitrogens is 1. The molecule has 1 N–H and O–H groups in total. The van der Waals surface area contributed by atoms with E-state index in [1.165, 1.54) is 61.1 Å². The van der Waals surface area contributed by atoms with Gasteiger partial charge in [0.15, 0.2) is 0 Å². The summed E-state index contributed by atoms with van der Waals surface area (Å²) in [6.45, 7) is 9.39. The molecular formula is C15H24N4S. The van der Waals surface area contributed by atoms with Crippen LogP contribution in [0, 0.1) is 0 Å². The van der Waals surface area contributed by atoms with Crippen molar-refractivity contribution in [2.45, 2.75) is 44.8 Å². The molecule has 1 saturated carbocycles. The third-order valence-corrected chi connectivity index (χ3v) is 6.02. The Bertz CT molecular complexity index is 474. The second-order valence-corrected chi connectivity index (χ2v) is 7.40. The number of hydrogen-bond acceptors (Lipinski definition) is 5. The monoisotopic (exact) mass is 292 g/mol. The van der Waals surface area contributed by atoms with Crippen molar-refractivity contribution in [2.24, 2.45) is 0 Å². The average molecular weight is 292 g/mol. The minimum Gasteiger partial charge on any atom is -0.309 e. The summed E-state index contributed by atoms with van der Waals surface area (Å²) in [5, 5.41) is 5.00. The minimum atomic E-state index is 0.558. The van der Waals surface area contributed by atoms with E-state index in [2.05, 4.69) is 22.0 Å². The molecule has 4 aliphatic rings. The normalized spacial score (nSPS) is 32.8. The van der Waals surface area contributed by atoms with E-state index in [0.717, 1.165) is 19.0 Å². The van der Waals surface area contributed by atoms with Crippen LogP contribution in [-0.2, 0) is 13.0 Å². The molecule has 5 heteroatoms. The Morgan fingerprint density at radius 1 is 1.25 bits per heavy atom. The van der Waals surface area contributed by atoms with Gasteiger partial charge in [-0.1, -0.05) is 6.92 Å². The van der Waals surface area contributed by atoms with E-state index in [4.69, 9.17) is 4.98 Å². The van der Waals surface area contributed by atoms with Crippen LogP contribution in [0.4, 0.5) is 0 Å². The maximum Gasteiger partial charge on any atom is 0.112 e. The Kier molecular flexibility index (Phi) is 3.54. The molecule has 1 aromatic heterocycles. The first-order valence-electron chi connectivity index (χ1n) is 8.01. The van der Waals surface area contributed by atoms with Crippen molar-refractivity contribution < 1.29 is 0 Å². The molecule has 0 aromatic carbocycles. The molecule has 1 aliphatic carbocycles. The molecule has 4 heterocycles. The number of thiazole rings is 1. The molecule has 0 amide bonds. The van der Waals surface area contributed by atoms with Crippen molar-refractivity contribution in [3.63, 3.8) is 0 Å². The van der Waals surface area contributed by atoms with Crippen molar-refractivity contribution in [2.75, 3.05) is 32.7 Å². The SMILES string of the molecule is CCc1nc(C2CN3CCN2CC3)sc1CNC1CC1. The lowest BCUT2D eigenvalue weighted by Gasteiger charge is -2.46. The molecule has 1 unspecified atom stereocenters. The quantitative estimate of drug-likeness (QED) is 0.894. The summed E-state index contributed by atoms with van der Waals surface area (Å²) in [5.74, 6) is 0. The van der Waals surface area contributed by atoms with Crippen LogP contribution in [-0.4, -0.2) is 53.5 Å². The highest BCUT2D eigenvalue weighted by molar-refractivity contribution is 7.11. The molecule has 5 rings (SSSR count). The molecule has 3 aliphatic heterocycles. The fourth-order valence-corrected chi connectivity index (χ4v) is 4.57. The third kappa shape index (κ3) is 2.52. The standard InChI is InChI=1S/C15H24N4S/c1-2-12-14(9-16-11-3-4-11)20-15(17-12)13-10-18-5-7-19(13)8-6-18/h11,13,16H,2-10H2,1H3. The number of rotatable bonds is 5. The summed E-state index contributed by atoms with van der Waals surface area (Å²) in [6.07, 6.45) is 3.78. The summed E-state index contributed by atoms with van der Waals surface area (Å²) in [7, 11) is 0. The van der Waals surface area contributed by atoms with E-state index in [9.17, 15) is 0 Å². The zero-order chi connectivity index (χ0) is 13.5. The summed E-state index contributed by atoms with van der Waals surface area (Å²) in [4.78, 5) is 11.7. The van der Waals surface area contributed by atoms with Crippen molar-refractivity contribution >= 4 is 11.3 Å². The van der Waals surface area contributed by atoms with Crippen LogP contribution in [0.15, 0.2) is 0 Å². The Labute approximate surface area is 125 Å². The molecule has 0 radical (unpaired) electrons. The lowest BCUT2D eigenvalue weighted by atomic mass is 10.1.